The summed E-state index contributed by atoms with van der Waals surface area (Å²) in [5.41, 5.74) is 6.04. The summed E-state index contributed by atoms with van der Waals surface area (Å²) >= 11 is 0. The van der Waals surface area contributed by atoms with E-state index in [0.717, 1.165) is 18.8 Å². The molecule has 0 bridgehead atoms. The molecular weight excluding hydrogens is 264 g/mol. The number of methoxy groups -OCH3 is 1. The zero-order valence-electron chi connectivity index (χ0n) is 11.1. The second kappa shape index (κ2) is 5.79. The Kier molecular flexibility index (Phi) is 4.31. The third kappa shape index (κ3) is 3.84. The first-order valence-corrected chi connectivity index (χ1v) is 7.94. The van der Waals surface area contributed by atoms with Crippen molar-refractivity contribution in [2.24, 2.45) is 5.92 Å². The molecule has 1 aliphatic carbocycles. The molecule has 0 aliphatic heterocycles. The third-order valence-electron chi connectivity index (χ3n) is 3.26. The van der Waals surface area contributed by atoms with Crippen molar-refractivity contribution in [1.29, 1.82) is 0 Å². The van der Waals surface area contributed by atoms with Crippen LogP contribution in [0.1, 0.15) is 25.7 Å². The number of benzene rings is 1. The van der Waals surface area contributed by atoms with Gasteiger partial charge in [-0.05, 0) is 37.0 Å². The van der Waals surface area contributed by atoms with Crippen molar-refractivity contribution in [3.05, 3.63) is 18.2 Å². The standard InChI is InChI=1S/C13H20N2O3S/c1-18-12-7-6-11(14)9-13(12)19(16,17)15-8-2-3-10-4-5-10/h6-7,9-10,15H,2-5,8,14H2,1H3. The average Bonchev–Trinajstić information content (AvgIpc) is 3.19. The van der Waals surface area contributed by atoms with E-state index in [9.17, 15) is 8.42 Å². The Bertz CT molecular complexity index is 539. The number of hydrogen-bond donors (Lipinski definition) is 2. The van der Waals surface area contributed by atoms with Gasteiger partial charge in [-0.25, -0.2) is 13.1 Å². The summed E-state index contributed by atoms with van der Waals surface area (Å²) < 4.78 is 32.0. The molecular formula is C13H20N2O3S. The van der Waals surface area contributed by atoms with Gasteiger partial charge >= 0.3 is 0 Å². The van der Waals surface area contributed by atoms with Crippen molar-refractivity contribution < 1.29 is 13.2 Å². The maximum atomic E-state index is 12.2. The molecule has 5 nitrogen and oxygen atoms in total. The van der Waals surface area contributed by atoms with Gasteiger partial charge in [-0.1, -0.05) is 12.8 Å². The monoisotopic (exact) mass is 284 g/mol. The summed E-state index contributed by atoms with van der Waals surface area (Å²) in [6.07, 6.45) is 4.54. The molecule has 0 aromatic heterocycles. The molecule has 1 aromatic carbocycles. The van der Waals surface area contributed by atoms with E-state index < -0.39 is 10.0 Å². The van der Waals surface area contributed by atoms with Crippen LogP contribution >= 0.6 is 0 Å². The molecule has 0 heterocycles. The maximum Gasteiger partial charge on any atom is 0.244 e. The lowest BCUT2D eigenvalue weighted by atomic mass is 10.2. The first kappa shape index (κ1) is 14.1. The summed E-state index contributed by atoms with van der Waals surface area (Å²) in [6.45, 7) is 0.455. The normalized spacial score (nSPS) is 15.4. The van der Waals surface area contributed by atoms with Crippen molar-refractivity contribution in [1.82, 2.24) is 4.72 Å². The Morgan fingerprint density at radius 3 is 2.79 bits per heavy atom. The Morgan fingerprint density at radius 2 is 2.16 bits per heavy atom. The summed E-state index contributed by atoms with van der Waals surface area (Å²) in [4.78, 5) is 0.0985. The second-order valence-corrected chi connectivity index (χ2v) is 6.63. The predicted molar refractivity (Wildman–Crippen MR) is 74.6 cm³/mol. The topological polar surface area (TPSA) is 81.4 Å². The van der Waals surface area contributed by atoms with Crippen molar-refractivity contribution in [2.75, 3.05) is 19.4 Å². The molecule has 1 saturated carbocycles. The number of anilines is 1. The fourth-order valence-corrected chi connectivity index (χ4v) is 3.26. The molecule has 0 atom stereocenters. The maximum absolute atomic E-state index is 12.2. The third-order valence-corrected chi connectivity index (χ3v) is 4.74. The van der Waals surface area contributed by atoms with Crippen LogP contribution in [0, 0.1) is 5.92 Å². The van der Waals surface area contributed by atoms with E-state index in [2.05, 4.69) is 4.72 Å². The molecule has 106 valence electrons. The summed E-state index contributed by atoms with van der Waals surface area (Å²) in [5, 5.41) is 0. The molecule has 2 rings (SSSR count). The van der Waals surface area contributed by atoms with Gasteiger partial charge in [0.25, 0.3) is 0 Å². The molecule has 6 heteroatoms. The van der Waals surface area contributed by atoms with Crippen molar-refractivity contribution in [2.45, 2.75) is 30.6 Å². The zero-order chi connectivity index (χ0) is 13.9. The van der Waals surface area contributed by atoms with E-state index >= 15 is 0 Å². The number of ether oxygens (including phenoxy) is 1. The minimum atomic E-state index is -3.56. The number of nitrogen functional groups attached to an aromatic ring is 1. The highest BCUT2D eigenvalue weighted by atomic mass is 32.2. The highest BCUT2D eigenvalue weighted by Crippen LogP contribution is 2.33. The van der Waals surface area contributed by atoms with Crippen molar-refractivity contribution >= 4 is 15.7 Å². The Hall–Kier alpha value is -1.27. The highest BCUT2D eigenvalue weighted by Gasteiger charge is 2.22. The van der Waals surface area contributed by atoms with Crippen LogP contribution in [-0.2, 0) is 10.0 Å². The molecule has 1 fully saturated rings. The smallest absolute Gasteiger partial charge is 0.244 e. The average molecular weight is 284 g/mol. The number of nitrogens with two attached hydrogens (primary N) is 1. The van der Waals surface area contributed by atoms with Crippen LogP contribution in [0.3, 0.4) is 0 Å². The highest BCUT2D eigenvalue weighted by molar-refractivity contribution is 7.89. The molecule has 1 aliphatic rings. The van der Waals surface area contributed by atoms with Gasteiger partial charge < -0.3 is 10.5 Å². The van der Waals surface area contributed by atoms with Crippen LogP contribution in [-0.4, -0.2) is 22.1 Å². The van der Waals surface area contributed by atoms with Gasteiger partial charge in [0.2, 0.25) is 10.0 Å². The van der Waals surface area contributed by atoms with E-state index in [4.69, 9.17) is 10.5 Å². The molecule has 0 saturated heterocycles. The van der Waals surface area contributed by atoms with Crippen molar-refractivity contribution in [3.63, 3.8) is 0 Å². The minimum Gasteiger partial charge on any atom is -0.495 e. The Morgan fingerprint density at radius 1 is 1.42 bits per heavy atom. The van der Waals surface area contributed by atoms with Crippen LogP contribution in [0.5, 0.6) is 5.75 Å². The van der Waals surface area contributed by atoms with Gasteiger partial charge in [0.15, 0.2) is 0 Å². The minimum absolute atomic E-state index is 0.0985. The molecule has 1 aromatic rings. The SMILES string of the molecule is COc1ccc(N)cc1S(=O)(=O)NCCCC1CC1. The first-order valence-electron chi connectivity index (χ1n) is 6.46. The number of nitrogens with one attached hydrogen (secondary N) is 1. The lowest BCUT2D eigenvalue weighted by Crippen LogP contribution is -2.25. The van der Waals surface area contributed by atoms with Gasteiger partial charge in [-0.2, -0.15) is 0 Å². The van der Waals surface area contributed by atoms with Gasteiger partial charge in [0.1, 0.15) is 10.6 Å². The fourth-order valence-electron chi connectivity index (χ4n) is 1.98. The van der Waals surface area contributed by atoms with E-state index in [0.29, 0.717) is 18.0 Å². The first-order chi connectivity index (χ1) is 9.03. The van der Waals surface area contributed by atoms with Gasteiger partial charge in [-0.3, -0.25) is 0 Å². The molecule has 3 N–H and O–H groups in total. The lowest BCUT2D eigenvalue weighted by Gasteiger charge is -2.11. The number of rotatable bonds is 7. The Labute approximate surface area is 114 Å². The fraction of sp³-hybridized carbons (Fsp3) is 0.538. The van der Waals surface area contributed by atoms with E-state index in [1.807, 2.05) is 0 Å². The van der Waals surface area contributed by atoms with Crippen LogP contribution in [0.25, 0.3) is 0 Å². The van der Waals surface area contributed by atoms with Gasteiger partial charge in [0, 0.05) is 12.2 Å². The summed E-state index contributed by atoms with van der Waals surface area (Å²) in [6, 6.07) is 4.60. The van der Waals surface area contributed by atoms with Gasteiger partial charge in [0.05, 0.1) is 7.11 Å². The predicted octanol–water partition coefficient (Wildman–Crippen LogP) is 1.75. The van der Waals surface area contributed by atoms with E-state index in [1.54, 1.807) is 12.1 Å². The molecule has 19 heavy (non-hydrogen) atoms. The van der Waals surface area contributed by atoms with Crippen LogP contribution in [0.4, 0.5) is 5.69 Å². The second-order valence-electron chi connectivity index (χ2n) is 4.89. The van der Waals surface area contributed by atoms with Crippen LogP contribution < -0.4 is 15.2 Å². The molecule has 0 amide bonds. The number of sulfonamides is 1. The van der Waals surface area contributed by atoms with E-state index in [-0.39, 0.29) is 4.90 Å². The van der Waals surface area contributed by atoms with Crippen LogP contribution in [0.2, 0.25) is 0 Å². The van der Waals surface area contributed by atoms with Crippen molar-refractivity contribution in [3.8, 4) is 5.75 Å². The van der Waals surface area contributed by atoms with Crippen LogP contribution in [0.15, 0.2) is 23.1 Å². The van der Waals surface area contributed by atoms with E-state index in [1.165, 1.54) is 26.0 Å². The lowest BCUT2D eigenvalue weighted by molar-refractivity contribution is 0.402. The molecule has 0 unspecified atom stereocenters. The Balaban J connectivity index is 2.02. The zero-order valence-corrected chi connectivity index (χ0v) is 11.9. The summed E-state index contributed by atoms with van der Waals surface area (Å²) in [5.74, 6) is 1.12. The summed E-state index contributed by atoms with van der Waals surface area (Å²) in [7, 11) is -2.12. The number of hydrogen-bond acceptors (Lipinski definition) is 4. The quantitative estimate of drug-likeness (QED) is 0.590. The largest absolute Gasteiger partial charge is 0.495 e. The molecule has 0 radical (unpaired) electrons. The van der Waals surface area contributed by atoms with Gasteiger partial charge in [-0.15, -0.1) is 0 Å². The molecule has 0 spiro atoms.